The molecule has 0 aliphatic carbocycles. The van der Waals surface area contributed by atoms with Gasteiger partial charge in [-0.1, -0.05) is 20.8 Å². The van der Waals surface area contributed by atoms with E-state index in [4.69, 9.17) is 0 Å². The Bertz CT molecular complexity index is 466. The van der Waals surface area contributed by atoms with Crippen molar-refractivity contribution in [1.29, 1.82) is 0 Å². The summed E-state index contributed by atoms with van der Waals surface area (Å²) in [7, 11) is 1.85. The second-order valence-electron chi connectivity index (χ2n) is 5.59. The Morgan fingerprint density at radius 2 is 2.00 bits per heavy atom. The van der Waals surface area contributed by atoms with Crippen molar-refractivity contribution in [3.8, 4) is 0 Å². The Morgan fingerprint density at radius 1 is 1.31 bits per heavy atom. The molecule has 2 rings (SSSR count). The number of nitrogens with zero attached hydrogens (tertiary/aromatic N) is 1. The molecule has 1 aromatic heterocycles. The molecule has 0 saturated heterocycles. The lowest BCUT2D eigenvalue weighted by molar-refractivity contribution is 0.544. The highest BCUT2D eigenvalue weighted by atomic mass is 16.1. The number of aromatic nitrogens is 1. The molecule has 0 fully saturated rings. The molecule has 0 atom stereocenters. The third kappa shape index (κ3) is 1.80. The quantitative estimate of drug-likeness (QED) is 0.715. The monoisotopic (exact) mass is 220 g/mol. The molecule has 88 valence electrons. The number of hydrogen-bond acceptors (Lipinski definition) is 2. The van der Waals surface area contributed by atoms with Crippen molar-refractivity contribution in [2.45, 2.75) is 39.2 Å². The molecule has 0 saturated carbocycles. The van der Waals surface area contributed by atoms with Gasteiger partial charge in [-0.25, -0.2) is 0 Å². The van der Waals surface area contributed by atoms with Crippen LogP contribution in [0.3, 0.4) is 0 Å². The van der Waals surface area contributed by atoms with E-state index in [2.05, 4.69) is 26.1 Å². The normalized spacial score (nSPS) is 16.0. The predicted octanol–water partition coefficient (Wildman–Crippen LogP) is 1.33. The van der Waals surface area contributed by atoms with Gasteiger partial charge in [-0.3, -0.25) is 4.79 Å². The van der Waals surface area contributed by atoms with Crippen molar-refractivity contribution in [2.75, 3.05) is 6.54 Å². The molecule has 16 heavy (non-hydrogen) atoms. The first kappa shape index (κ1) is 11.4. The van der Waals surface area contributed by atoms with E-state index in [1.807, 2.05) is 13.2 Å². The number of pyridine rings is 1. The average molecular weight is 220 g/mol. The number of fused-ring (bicyclic) bond motifs is 1. The van der Waals surface area contributed by atoms with Crippen molar-refractivity contribution in [1.82, 2.24) is 9.88 Å². The molecule has 0 bridgehead atoms. The fraction of sp³-hybridized carbons (Fsp3) is 0.615. The van der Waals surface area contributed by atoms with Gasteiger partial charge in [-0.15, -0.1) is 0 Å². The smallest absolute Gasteiger partial charge is 0.253 e. The van der Waals surface area contributed by atoms with Gasteiger partial charge < -0.3 is 9.88 Å². The van der Waals surface area contributed by atoms with Gasteiger partial charge in [0.2, 0.25) is 0 Å². The summed E-state index contributed by atoms with van der Waals surface area (Å²) in [4.78, 5) is 12.0. The summed E-state index contributed by atoms with van der Waals surface area (Å²) < 4.78 is 1.73. The molecule has 1 aliphatic rings. The van der Waals surface area contributed by atoms with Gasteiger partial charge in [0.1, 0.15) is 0 Å². The van der Waals surface area contributed by atoms with Crippen LogP contribution in [0.25, 0.3) is 0 Å². The maximum absolute atomic E-state index is 12.0. The predicted molar refractivity (Wildman–Crippen MR) is 65.8 cm³/mol. The number of hydrogen-bond donors (Lipinski definition) is 1. The van der Waals surface area contributed by atoms with Crippen LogP contribution in [0.5, 0.6) is 0 Å². The zero-order valence-corrected chi connectivity index (χ0v) is 10.6. The van der Waals surface area contributed by atoms with E-state index in [0.29, 0.717) is 0 Å². The van der Waals surface area contributed by atoms with Crippen molar-refractivity contribution < 1.29 is 0 Å². The van der Waals surface area contributed by atoms with Gasteiger partial charge in [-0.2, -0.15) is 0 Å². The number of rotatable bonds is 0. The van der Waals surface area contributed by atoms with Crippen LogP contribution < -0.4 is 10.9 Å². The van der Waals surface area contributed by atoms with Crippen LogP contribution in [0, 0.1) is 0 Å². The highest BCUT2D eigenvalue weighted by Gasteiger charge is 2.24. The Hall–Kier alpha value is -1.09. The minimum atomic E-state index is 0.0918. The summed E-state index contributed by atoms with van der Waals surface area (Å²) in [6.07, 6.45) is 2.85. The first-order chi connectivity index (χ1) is 7.41. The van der Waals surface area contributed by atoms with Crippen LogP contribution in [0.4, 0.5) is 0 Å². The topological polar surface area (TPSA) is 34.0 Å². The first-order valence-electron chi connectivity index (χ1n) is 5.84. The highest BCUT2D eigenvalue weighted by molar-refractivity contribution is 5.38. The Kier molecular flexibility index (Phi) is 2.66. The first-order valence-corrected chi connectivity index (χ1v) is 5.84. The van der Waals surface area contributed by atoms with E-state index in [1.165, 1.54) is 11.1 Å². The SMILES string of the molecule is Cn1cc(C(C)(C)C)c2c(c1=O)CCNC2. The van der Waals surface area contributed by atoms with Gasteiger partial charge in [-0.05, 0) is 29.5 Å². The minimum absolute atomic E-state index is 0.0918. The summed E-state index contributed by atoms with van der Waals surface area (Å²) in [5.41, 5.74) is 3.78. The standard InChI is InChI=1S/C13H20N2O/c1-13(2,3)11-8-15(4)12(16)9-5-6-14-7-10(9)11/h8,14H,5-7H2,1-4H3. The van der Waals surface area contributed by atoms with E-state index < -0.39 is 0 Å². The summed E-state index contributed by atoms with van der Waals surface area (Å²) in [5.74, 6) is 0. The molecular formula is C13H20N2O. The lowest BCUT2D eigenvalue weighted by atomic mass is 9.82. The zero-order chi connectivity index (χ0) is 11.9. The number of nitrogens with one attached hydrogen (secondary N) is 1. The molecule has 1 aliphatic heterocycles. The van der Waals surface area contributed by atoms with E-state index >= 15 is 0 Å². The second kappa shape index (κ2) is 3.74. The lowest BCUT2D eigenvalue weighted by Gasteiger charge is -2.28. The fourth-order valence-electron chi connectivity index (χ4n) is 2.37. The van der Waals surface area contributed by atoms with E-state index in [1.54, 1.807) is 4.57 Å². The van der Waals surface area contributed by atoms with E-state index in [0.717, 1.165) is 25.1 Å². The number of aryl methyl sites for hydroxylation is 1. The van der Waals surface area contributed by atoms with Gasteiger partial charge >= 0.3 is 0 Å². The van der Waals surface area contributed by atoms with Crippen LogP contribution >= 0.6 is 0 Å². The third-order valence-electron chi connectivity index (χ3n) is 3.25. The van der Waals surface area contributed by atoms with Crippen molar-refractivity contribution >= 4 is 0 Å². The van der Waals surface area contributed by atoms with Crippen LogP contribution in [-0.4, -0.2) is 11.1 Å². The summed E-state index contributed by atoms with van der Waals surface area (Å²) >= 11 is 0. The van der Waals surface area contributed by atoms with Crippen molar-refractivity contribution in [3.05, 3.63) is 33.2 Å². The van der Waals surface area contributed by atoms with Crippen molar-refractivity contribution in [3.63, 3.8) is 0 Å². The van der Waals surface area contributed by atoms with Crippen molar-refractivity contribution in [2.24, 2.45) is 7.05 Å². The van der Waals surface area contributed by atoms with E-state index in [9.17, 15) is 4.79 Å². The maximum Gasteiger partial charge on any atom is 0.253 e. The molecule has 1 N–H and O–H groups in total. The van der Waals surface area contributed by atoms with Crippen LogP contribution in [-0.2, 0) is 25.4 Å². The lowest BCUT2D eigenvalue weighted by Crippen LogP contribution is -2.35. The molecule has 0 aromatic carbocycles. The van der Waals surface area contributed by atoms with Crippen LogP contribution in [0.15, 0.2) is 11.0 Å². The Morgan fingerprint density at radius 3 is 2.62 bits per heavy atom. The largest absolute Gasteiger partial charge is 0.318 e. The molecule has 0 radical (unpaired) electrons. The van der Waals surface area contributed by atoms with Gasteiger partial charge in [0.25, 0.3) is 5.56 Å². The summed E-state index contributed by atoms with van der Waals surface area (Å²) in [6.45, 7) is 8.33. The van der Waals surface area contributed by atoms with Gasteiger partial charge in [0.15, 0.2) is 0 Å². The Labute approximate surface area is 96.5 Å². The molecule has 0 spiro atoms. The average Bonchev–Trinajstić information content (AvgIpc) is 2.22. The van der Waals surface area contributed by atoms with Crippen LogP contribution in [0.1, 0.15) is 37.5 Å². The van der Waals surface area contributed by atoms with E-state index in [-0.39, 0.29) is 11.0 Å². The summed E-state index contributed by atoms with van der Waals surface area (Å²) in [5, 5.41) is 3.35. The molecule has 1 aromatic rings. The van der Waals surface area contributed by atoms with Crippen LogP contribution in [0.2, 0.25) is 0 Å². The molecule has 3 heteroatoms. The molecule has 0 amide bonds. The third-order valence-corrected chi connectivity index (χ3v) is 3.25. The summed E-state index contributed by atoms with van der Waals surface area (Å²) in [6, 6.07) is 0. The minimum Gasteiger partial charge on any atom is -0.318 e. The Balaban J connectivity index is 2.72. The fourth-order valence-corrected chi connectivity index (χ4v) is 2.37. The molecular weight excluding hydrogens is 200 g/mol. The second-order valence-corrected chi connectivity index (χ2v) is 5.59. The molecule has 2 heterocycles. The van der Waals surface area contributed by atoms with Gasteiger partial charge in [0, 0.05) is 25.4 Å². The zero-order valence-electron chi connectivity index (χ0n) is 10.6. The van der Waals surface area contributed by atoms with Gasteiger partial charge in [0.05, 0.1) is 0 Å². The highest BCUT2D eigenvalue weighted by Crippen LogP contribution is 2.27. The maximum atomic E-state index is 12.0. The molecule has 0 unspecified atom stereocenters. The molecule has 3 nitrogen and oxygen atoms in total.